The van der Waals surface area contributed by atoms with E-state index in [1.807, 2.05) is 38.1 Å². The summed E-state index contributed by atoms with van der Waals surface area (Å²) in [4.78, 5) is 0. The Morgan fingerprint density at radius 3 is 2.53 bits per heavy atom. The number of rotatable bonds is 3. The molecule has 0 saturated carbocycles. The van der Waals surface area contributed by atoms with E-state index in [0.717, 1.165) is 29.1 Å². The average Bonchev–Trinajstić information content (AvgIpc) is 2.71. The Hall–Kier alpha value is -1.70. The van der Waals surface area contributed by atoms with E-state index in [1.165, 1.54) is 0 Å². The molecule has 2 nitrogen and oxygen atoms in total. The van der Waals surface area contributed by atoms with Gasteiger partial charge in [-0.15, -0.1) is 0 Å². The van der Waals surface area contributed by atoms with Crippen LogP contribution in [-0.4, -0.2) is 5.11 Å². The van der Waals surface area contributed by atoms with Gasteiger partial charge in [0.25, 0.3) is 0 Å². The summed E-state index contributed by atoms with van der Waals surface area (Å²) in [6.07, 6.45) is 0.907. The molecule has 17 heavy (non-hydrogen) atoms. The average molecular weight is 230 g/mol. The zero-order valence-electron chi connectivity index (χ0n) is 10.5. The van der Waals surface area contributed by atoms with E-state index >= 15 is 0 Å². The summed E-state index contributed by atoms with van der Waals surface area (Å²) >= 11 is 0. The number of phenols is 1. The van der Waals surface area contributed by atoms with Crippen molar-refractivity contribution in [3.8, 4) is 5.75 Å². The fourth-order valence-electron chi connectivity index (χ4n) is 2.17. The van der Waals surface area contributed by atoms with Crippen LogP contribution in [-0.2, 0) is 0 Å². The number of furan rings is 1. The quantitative estimate of drug-likeness (QED) is 0.859. The molecule has 90 valence electrons. The van der Waals surface area contributed by atoms with E-state index in [4.69, 9.17) is 4.42 Å². The first-order chi connectivity index (χ1) is 8.11. The van der Waals surface area contributed by atoms with Crippen molar-refractivity contribution in [1.82, 2.24) is 0 Å². The predicted octanol–water partition coefficient (Wildman–Crippen LogP) is 4.14. The summed E-state index contributed by atoms with van der Waals surface area (Å²) in [6.45, 7) is 6.07. The fourth-order valence-corrected chi connectivity index (χ4v) is 2.17. The first kappa shape index (κ1) is 11.8. The Labute approximate surface area is 102 Å². The van der Waals surface area contributed by atoms with Crippen LogP contribution in [0.15, 0.2) is 34.7 Å². The van der Waals surface area contributed by atoms with Gasteiger partial charge >= 0.3 is 0 Å². The zero-order chi connectivity index (χ0) is 12.4. The second kappa shape index (κ2) is 4.66. The van der Waals surface area contributed by atoms with Gasteiger partial charge in [-0.1, -0.05) is 24.6 Å². The lowest BCUT2D eigenvalue weighted by Crippen LogP contribution is -1.99. The van der Waals surface area contributed by atoms with Gasteiger partial charge in [0.2, 0.25) is 0 Å². The third-order valence-electron chi connectivity index (χ3n) is 3.07. The molecule has 0 aliphatic rings. The van der Waals surface area contributed by atoms with Crippen LogP contribution < -0.4 is 0 Å². The van der Waals surface area contributed by atoms with Crippen LogP contribution >= 0.6 is 0 Å². The predicted molar refractivity (Wildman–Crippen MR) is 68.4 cm³/mol. The Morgan fingerprint density at radius 2 is 1.94 bits per heavy atom. The van der Waals surface area contributed by atoms with Gasteiger partial charge in [-0.25, -0.2) is 0 Å². The first-order valence-corrected chi connectivity index (χ1v) is 5.97. The van der Waals surface area contributed by atoms with Crippen LogP contribution in [0.2, 0.25) is 0 Å². The summed E-state index contributed by atoms with van der Waals surface area (Å²) in [5.41, 5.74) is 2.10. The number of phenolic OH excluding ortho intramolecular Hbond substituents is 1. The molecule has 1 aromatic heterocycles. The molecule has 2 rings (SSSR count). The van der Waals surface area contributed by atoms with Crippen molar-refractivity contribution < 1.29 is 9.52 Å². The van der Waals surface area contributed by atoms with E-state index in [9.17, 15) is 5.11 Å². The molecular weight excluding hydrogens is 212 g/mol. The molecule has 0 radical (unpaired) electrons. The third-order valence-corrected chi connectivity index (χ3v) is 3.07. The second-order valence-electron chi connectivity index (χ2n) is 4.47. The topological polar surface area (TPSA) is 33.4 Å². The summed E-state index contributed by atoms with van der Waals surface area (Å²) in [5, 5.41) is 9.96. The lowest BCUT2D eigenvalue weighted by Gasteiger charge is -2.15. The van der Waals surface area contributed by atoms with Crippen LogP contribution in [0.4, 0.5) is 0 Å². The highest BCUT2D eigenvalue weighted by atomic mass is 16.3. The maximum Gasteiger partial charge on any atom is 0.119 e. The van der Waals surface area contributed by atoms with Crippen LogP contribution in [0.5, 0.6) is 5.75 Å². The van der Waals surface area contributed by atoms with Gasteiger partial charge in [0, 0.05) is 11.5 Å². The monoisotopic (exact) mass is 230 g/mol. The molecule has 0 fully saturated rings. The minimum absolute atomic E-state index is 0.128. The van der Waals surface area contributed by atoms with Crippen LogP contribution in [0.3, 0.4) is 0 Å². The van der Waals surface area contributed by atoms with Gasteiger partial charge in [0.15, 0.2) is 0 Å². The van der Waals surface area contributed by atoms with Gasteiger partial charge in [-0.2, -0.15) is 0 Å². The van der Waals surface area contributed by atoms with E-state index in [2.05, 4.69) is 6.92 Å². The largest absolute Gasteiger partial charge is 0.508 e. The minimum Gasteiger partial charge on any atom is -0.508 e. The van der Waals surface area contributed by atoms with Crippen LogP contribution in [0.25, 0.3) is 0 Å². The third kappa shape index (κ3) is 2.36. The Kier molecular flexibility index (Phi) is 3.23. The number of aromatic hydroxyl groups is 1. The van der Waals surface area contributed by atoms with Crippen molar-refractivity contribution >= 4 is 0 Å². The van der Waals surface area contributed by atoms with E-state index < -0.39 is 0 Å². The summed E-state index contributed by atoms with van der Waals surface area (Å²) in [7, 11) is 0. The second-order valence-corrected chi connectivity index (χ2v) is 4.47. The first-order valence-electron chi connectivity index (χ1n) is 5.97. The van der Waals surface area contributed by atoms with Crippen molar-refractivity contribution in [3.05, 3.63) is 53.0 Å². The molecule has 0 amide bonds. The van der Waals surface area contributed by atoms with Gasteiger partial charge in [-0.05, 0) is 38.5 Å². The molecule has 1 heterocycles. The standard InChI is InChI=1S/C15H18O2/c1-4-12(15-8-6-11(3)17-15)13-9-10(2)5-7-14(13)16/h5-9,12,16H,4H2,1-3H3/t12-/m1/s1. The minimum atomic E-state index is 0.128. The normalized spacial score (nSPS) is 12.6. The summed E-state index contributed by atoms with van der Waals surface area (Å²) < 4.78 is 5.67. The summed E-state index contributed by atoms with van der Waals surface area (Å²) in [5.74, 6) is 2.30. The molecule has 1 atom stereocenters. The molecular formula is C15H18O2. The number of aryl methyl sites for hydroxylation is 2. The smallest absolute Gasteiger partial charge is 0.119 e. The Bertz CT molecular complexity index is 511. The lowest BCUT2D eigenvalue weighted by atomic mass is 9.92. The highest BCUT2D eigenvalue weighted by molar-refractivity contribution is 5.41. The van der Waals surface area contributed by atoms with Crippen molar-refractivity contribution in [1.29, 1.82) is 0 Å². The zero-order valence-corrected chi connectivity index (χ0v) is 10.5. The van der Waals surface area contributed by atoms with Gasteiger partial charge in [0.05, 0.1) is 0 Å². The van der Waals surface area contributed by atoms with Crippen molar-refractivity contribution in [2.45, 2.75) is 33.1 Å². The van der Waals surface area contributed by atoms with Crippen LogP contribution in [0.1, 0.15) is 41.9 Å². The van der Waals surface area contributed by atoms with Crippen molar-refractivity contribution in [2.24, 2.45) is 0 Å². The van der Waals surface area contributed by atoms with E-state index in [0.29, 0.717) is 5.75 Å². The van der Waals surface area contributed by atoms with Crippen molar-refractivity contribution in [3.63, 3.8) is 0 Å². The molecule has 0 unspecified atom stereocenters. The molecule has 0 saturated heterocycles. The Morgan fingerprint density at radius 1 is 1.18 bits per heavy atom. The van der Waals surface area contributed by atoms with E-state index in [1.54, 1.807) is 6.07 Å². The highest BCUT2D eigenvalue weighted by Gasteiger charge is 2.18. The molecule has 2 heteroatoms. The maximum absolute atomic E-state index is 9.96. The van der Waals surface area contributed by atoms with Gasteiger partial charge in [0.1, 0.15) is 17.3 Å². The fraction of sp³-hybridized carbons (Fsp3) is 0.333. The summed E-state index contributed by atoms with van der Waals surface area (Å²) in [6, 6.07) is 9.65. The number of hydrogen-bond donors (Lipinski definition) is 1. The van der Waals surface area contributed by atoms with Gasteiger partial charge in [-0.3, -0.25) is 0 Å². The van der Waals surface area contributed by atoms with Crippen molar-refractivity contribution in [2.75, 3.05) is 0 Å². The van der Waals surface area contributed by atoms with Gasteiger partial charge < -0.3 is 9.52 Å². The maximum atomic E-state index is 9.96. The SMILES string of the molecule is CC[C@@H](c1ccc(C)o1)c1cc(C)ccc1O. The molecule has 0 aliphatic heterocycles. The highest BCUT2D eigenvalue weighted by Crippen LogP contribution is 2.35. The molecule has 1 N–H and O–H groups in total. The Balaban J connectivity index is 2.45. The molecule has 2 aromatic rings. The molecule has 0 aliphatic carbocycles. The number of benzene rings is 1. The lowest BCUT2D eigenvalue weighted by molar-refractivity contribution is 0.435. The van der Waals surface area contributed by atoms with E-state index in [-0.39, 0.29) is 5.92 Å². The molecule has 1 aromatic carbocycles. The van der Waals surface area contributed by atoms with Crippen LogP contribution in [0, 0.1) is 13.8 Å². The number of hydrogen-bond acceptors (Lipinski definition) is 2. The molecule has 0 bridgehead atoms. The molecule has 0 spiro atoms.